The summed E-state index contributed by atoms with van der Waals surface area (Å²) < 4.78 is 0. The van der Waals surface area contributed by atoms with E-state index in [0.29, 0.717) is 23.1 Å². The Kier molecular flexibility index (Phi) is 4.98. The van der Waals surface area contributed by atoms with Gasteiger partial charge in [-0.1, -0.05) is 42.5 Å². The van der Waals surface area contributed by atoms with Crippen LogP contribution in [-0.2, 0) is 6.42 Å². The van der Waals surface area contributed by atoms with Crippen molar-refractivity contribution in [2.24, 2.45) is 0 Å². The molecule has 1 aliphatic rings. The minimum absolute atomic E-state index is 0.106. The van der Waals surface area contributed by atoms with E-state index in [1.165, 1.54) is 0 Å². The highest BCUT2D eigenvalue weighted by Gasteiger charge is 2.18. The summed E-state index contributed by atoms with van der Waals surface area (Å²) in [5.74, 6) is 0.106. The van der Waals surface area contributed by atoms with Crippen molar-refractivity contribution in [2.45, 2.75) is 25.7 Å². The van der Waals surface area contributed by atoms with Crippen molar-refractivity contribution in [2.75, 3.05) is 0 Å². The number of hydrogen-bond donors (Lipinski definition) is 0. The third-order valence-electron chi connectivity index (χ3n) is 4.71. The molecule has 0 saturated carbocycles. The van der Waals surface area contributed by atoms with Gasteiger partial charge in [0, 0.05) is 11.5 Å². The zero-order valence-corrected chi connectivity index (χ0v) is 14.5. The minimum Gasteiger partial charge on any atom is -0.193 e. The van der Waals surface area contributed by atoms with Gasteiger partial charge < -0.3 is 0 Å². The molecule has 0 radical (unpaired) electrons. The van der Waals surface area contributed by atoms with Gasteiger partial charge in [-0.3, -0.25) is 0 Å². The minimum atomic E-state index is 0.106. The molecule has 3 nitrogen and oxygen atoms in total. The van der Waals surface area contributed by atoms with Gasteiger partial charge in [-0.05, 0) is 54.2 Å². The van der Waals surface area contributed by atoms with Crippen LogP contribution in [0.5, 0.6) is 0 Å². The average Bonchev–Trinajstić information content (AvgIpc) is 2.69. The highest BCUT2D eigenvalue weighted by Crippen LogP contribution is 2.31. The van der Waals surface area contributed by atoms with Gasteiger partial charge in [0.25, 0.3) is 0 Å². The van der Waals surface area contributed by atoms with Crippen LogP contribution in [0.15, 0.2) is 65.8 Å². The predicted molar refractivity (Wildman–Crippen MR) is 99.9 cm³/mol. The molecule has 0 aliphatic heterocycles. The molecule has 0 amide bonds. The van der Waals surface area contributed by atoms with Crippen LogP contribution in [-0.4, -0.2) is 0 Å². The maximum absolute atomic E-state index is 9.26. The molecule has 1 unspecified atom stereocenters. The van der Waals surface area contributed by atoms with E-state index in [2.05, 4.69) is 42.5 Å². The number of benzene rings is 2. The topological polar surface area (TPSA) is 71.4 Å². The highest BCUT2D eigenvalue weighted by atomic mass is 14.3. The summed E-state index contributed by atoms with van der Waals surface area (Å²) in [5.41, 5.74) is 6.11. The highest BCUT2D eigenvalue weighted by molar-refractivity contribution is 5.50. The van der Waals surface area contributed by atoms with Crippen LogP contribution in [0.25, 0.3) is 0 Å². The van der Waals surface area contributed by atoms with Crippen LogP contribution in [0.2, 0.25) is 0 Å². The molecule has 0 N–H and O–H groups in total. The Morgan fingerprint density at radius 2 is 1.77 bits per heavy atom. The largest absolute Gasteiger partial charge is 0.193 e. The lowest BCUT2D eigenvalue weighted by molar-refractivity contribution is 0.823. The summed E-state index contributed by atoms with van der Waals surface area (Å²) in [6.45, 7) is 1.94. The molecular formula is C23H17N3. The lowest BCUT2D eigenvalue weighted by Crippen LogP contribution is -2.04. The quantitative estimate of drug-likeness (QED) is 0.805. The number of allylic oxidation sites excluding steroid dienone is 4. The summed E-state index contributed by atoms with van der Waals surface area (Å²) >= 11 is 0. The molecule has 2 aromatic carbocycles. The maximum Gasteiger partial charge on any atom is 0.100 e. The van der Waals surface area contributed by atoms with Crippen LogP contribution in [0, 0.1) is 40.9 Å². The first-order chi connectivity index (χ1) is 12.6. The summed E-state index contributed by atoms with van der Waals surface area (Å²) in [4.78, 5) is 0. The first-order valence-corrected chi connectivity index (χ1v) is 8.44. The Morgan fingerprint density at radius 3 is 2.50 bits per heavy atom. The Labute approximate surface area is 153 Å². The van der Waals surface area contributed by atoms with Gasteiger partial charge >= 0.3 is 0 Å². The second-order valence-corrected chi connectivity index (χ2v) is 6.47. The Balaban J connectivity index is 1.83. The molecule has 124 valence electrons. The van der Waals surface area contributed by atoms with Crippen LogP contribution >= 0.6 is 0 Å². The summed E-state index contributed by atoms with van der Waals surface area (Å²) in [6.07, 6.45) is 5.06. The summed E-state index contributed by atoms with van der Waals surface area (Å²) in [7, 11) is 0. The van der Waals surface area contributed by atoms with E-state index in [0.717, 1.165) is 28.7 Å². The number of aryl methyl sites for hydroxylation is 1. The van der Waals surface area contributed by atoms with E-state index < -0.39 is 0 Å². The molecule has 3 heteroatoms. The zero-order valence-electron chi connectivity index (χ0n) is 14.5. The van der Waals surface area contributed by atoms with E-state index >= 15 is 0 Å². The SMILES string of the molecule is Cc1ccc(Cc2cccc(C3C=CC(C#N)=C(C#N)C3)c2)cc1C#N. The molecule has 0 heterocycles. The van der Waals surface area contributed by atoms with Crippen LogP contribution in [0.3, 0.4) is 0 Å². The third-order valence-corrected chi connectivity index (χ3v) is 4.71. The Bertz CT molecular complexity index is 1040. The molecule has 26 heavy (non-hydrogen) atoms. The van der Waals surface area contributed by atoms with E-state index in [-0.39, 0.29) is 5.92 Å². The lowest BCUT2D eigenvalue weighted by Gasteiger charge is -2.18. The average molecular weight is 335 g/mol. The fourth-order valence-corrected chi connectivity index (χ4v) is 3.22. The van der Waals surface area contributed by atoms with Crippen molar-refractivity contribution in [1.82, 2.24) is 0 Å². The molecular weight excluding hydrogens is 318 g/mol. The molecule has 1 aliphatic carbocycles. The van der Waals surface area contributed by atoms with Crippen molar-refractivity contribution in [3.05, 3.63) is 93.6 Å². The predicted octanol–water partition coefficient (Wildman–Crippen LogP) is 4.84. The molecule has 0 bridgehead atoms. The van der Waals surface area contributed by atoms with Crippen molar-refractivity contribution < 1.29 is 0 Å². The van der Waals surface area contributed by atoms with Gasteiger partial charge in [-0.15, -0.1) is 0 Å². The van der Waals surface area contributed by atoms with E-state index in [1.54, 1.807) is 6.08 Å². The molecule has 0 saturated heterocycles. The lowest BCUT2D eigenvalue weighted by atomic mass is 9.85. The van der Waals surface area contributed by atoms with Gasteiger partial charge in [0.1, 0.15) is 6.07 Å². The third kappa shape index (κ3) is 3.56. The van der Waals surface area contributed by atoms with Crippen molar-refractivity contribution in [3.63, 3.8) is 0 Å². The maximum atomic E-state index is 9.26. The molecule has 2 aromatic rings. The fourth-order valence-electron chi connectivity index (χ4n) is 3.22. The van der Waals surface area contributed by atoms with Crippen LogP contribution in [0.4, 0.5) is 0 Å². The normalized spacial score (nSPS) is 15.8. The molecule has 3 rings (SSSR count). The standard InChI is InChI=1S/C23H17N3/c1-16-5-6-18(11-22(16)14-25)9-17-3-2-4-19(10-17)20-7-8-21(13-24)23(12-20)15-26/h2-8,10-11,20H,9,12H2,1H3. The van der Waals surface area contributed by atoms with Crippen molar-refractivity contribution in [1.29, 1.82) is 15.8 Å². The smallest absolute Gasteiger partial charge is 0.100 e. The first kappa shape index (κ1) is 17.2. The number of nitrogens with zero attached hydrogens (tertiary/aromatic N) is 3. The van der Waals surface area contributed by atoms with Crippen molar-refractivity contribution >= 4 is 0 Å². The molecule has 0 aromatic heterocycles. The number of nitriles is 3. The number of rotatable bonds is 3. The fraction of sp³-hybridized carbons (Fsp3) is 0.174. The van der Waals surface area contributed by atoms with E-state index in [9.17, 15) is 10.5 Å². The summed E-state index contributed by atoms with van der Waals surface area (Å²) in [5, 5.41) is 27.5. The second-order valence-electron chi connectivity index (χ2n) is 6.47. The molecule has 0 spiro atoms. The molecule has 1 atom stereocenters. The second kappa shape index (κ2) is 7.52. The van der Waals surface area contributed by atoms with Crippen LogP contribution < -0.4 is 0 Å². The molecule has 0 fully saturated rings. The van der Waals surface area contributed by atoms with Crippen LogP contribution in [0.1, 0.15) is 40.2 Å². The zero-order chi connectivity index (χ0) is 18.5. The first-order valence-electron chi connectivity index (χ1n) is 8.44. The van der Waals surface area contributed by atoms with Gasteiger partial charge in [-0.2, -0.15) is 15.8 Å². The Hall–Kier alpha value is -3.61. The summed E-state index contributed by atoms with van der Waals surface area (Å²) in [6, 6.07) is 20.7. The number of hydrogen-bond acceptors (Lipinski definition) is 3. The van der Waals surface area contributed by atoms with Gasteiger partial charge in [0.2, 0.25) is 0 Å². The van der Waals surface area contributed by atoms with Gasteiger partial charge in [0.15, 0.2) is 0 Å². The van der Waals surface area contributed by atoms with Gasteiger partial charge in [0.05, 0.1) is 23.3 Å². The Morgan fingerprint density at radius 1 is 0.962 bits per heavy atom. The van der Waals surface area contributed by atoms with E-state index in [4.69, 9.17) is 5.26 Å². The van der Waals surface area contributed by atoms with Crippen molar-refractivity contribution in [3.8, 4) is 18.2 Å². The van der Waals surface area contributed by atoms with Gasteiger partial charge in [-0.25, -0.2) is 0 Å². The monoisotopic (exact) mass is 335 g/mol. The van der Waals surface area contributed by atoms with E-state index in [1.807, 2.05) is 31.2 Å².